The number of rotatable bonds is 7. The molecule has 7 N–H and O–H groups in total. The van der Waals surface area contributed by atoms with Crippen molar-refractivity contribution in [2.75, 3.05) is 27.7 Å². The number of Topliss-reactive ketones (excluding diaryl/α,β-unsaturated/α-hetero) is 2. The van der Waals surface area contributed by atoms with Gasteiger partial charge < -0.3 is 36.3 Å². The summed E-state index contributed by atoms with van der Waals surface area (Å²) >= 11 is 0. The predicted molar refractivity (Wildman–Crippen MR) is 154 cm³/mol. The number of benzene rings is 1. The SMILES string of the molecule is CO/N=C(\C)c1cc(CNCC(C)(C)C)c(O)c2c1C[C@H]1C[C@H]3[C@H](N(C)C)C(O)=C(C(N)=O)C(=O)[C@@]3(O)C(O)=C1C2=O. The van der Waals surface area contributed by atoms with E-state index in [1.165, 1.54) is 12.0 Å². The van der Waals surface area contributed by atoms with Crippen LogP contribution in [0.3, 0.4) is 0 Å². The lowest BCUT2D eigenvalue weighted by Crippen LogP contribution is -2.63. The maximum Gasteiger partial charge on any atom is 0.255 e. The number of carbonyl (C=O) groups is 3. The Morgan fingerprint density at radius 3 is 2.43 bits per heavy atom. The number of hydrogen-bond donors (Lipinski definition) is 6. The average Bonchev–Trinajstić information content (AvgIpc) is 2.86. The normalized spacial score (nSPS) is 26.3. The van der Waals surface area contributed by atoms with Gasteiger partial charge in [0.1, 0.15) is 30.0 Å². The molecule has 0 fully saturated rings. The van der Waals surface area contributed by atoms with E-state index in [1.54, 1.807) is 27.1 Å². The molecule has 12 heteroatoms. The summed E-state index contributed by atoms with van der Waals surface area (Å²) in [6.45, 7) is 8.73. The summed E-state index contributed by atoms with van der Waals surface area (Å²) in [5, 5.41) is 53.0. The van der Waals surface area contributed by atoms with Gasteiger partial charge in [-0.25, -0.2) is 0 Å². The average molecular weight is 585 g/mol. The highest BCUT2D eigenvalue weighted by Crippen LogP contribution is 2.52. The Kier molecular flexibility index (Phi) is 8.04. The van der Waals surface area contributed by atoms with Crippen LogP contribution in [0.15, 0.2) is 33.9 Å². The molecule has 1 aromatic rings. The number of carbonyl (C=O) groups excluding carboxylic acids is 3. The highest BCUT2D eigenvalue weighted by molar-refractivity contribution is 6.25. The maximum atomic E-state index is 14.2. The van der Waals surface area contributed by atoms with Crippen LogP contribution < -0.4 is 11.1 Å². The number of nitrogens with one attached hydrogen (secondary N) is 1. The molecular formula is C30H40N4O8. The number of amides is 1. The van der Waals surface area contributed by atoms with Crippen molar-refractivity contribution in [3.05, 3.63) is 51.0 Å². The topological polar surface area (TPSA) is 195 Å². The molecule has 0 radical (unpaired) electrons. The van der Waals surface area contributed by atoms with Crippen molar-refractivity contribution in [3.8, 4) is 5.75 Å². The molecule has 3 aliphatic rings. The number of primary amides is 1. The number of phenols is 1. The molecule has 0 saturated carbocycles. The van der Waals surface area contributed by atoms with E-state index in [4.69, 9.17) is 10.6 Å². The van der Waals surface area contributed by atoms with Crippen LogP contribution in [0.1, 0.15) is 61.2 Å². The summed E-state index contributed by atoms with van der Waals surface area (Å²) in [6.07, 6.45) is 0.158. The van der Waals surface area contributed by atoms with Crippen molar-refractivity contribution < 1.29 is 39.6 Å². The second-order valence-corrected chi connectivity index (χ2v) is 12.8. The maximum absolute atomic E-state index is 14.2. The van der Waals surface area contributed by atoms with Gasteiger partial charge in [-0.1, -0.05) is 25.9 Å². The van der Waals surface area contributed by atoms with Crippen LogP contribution in [0.25, 0.3) is 0 Å². The number of likely N-dealkylation sites (N-methyl/N-ethyl adjacent to an activating group) is 1. The van der Waals surface area contributed by atoms with Crippen molar-refractivity contribution in [2.45, 2.75) is 58.7 Å². The number of oxime groups is 1. The minimum Gasteiger partial charge on any atom is -0.510 e. The van der Waals surface area contributed by atoms with Crippen molar-refractivity contribution in [1.82, 2.24) is 10.2 Å². The smallest absolute Gasteiger partial charge is 0.255 e. The van der Waals surface area contributed by atoms with Gasteiger partial charge in [0.25, 0.3) is 5.91 Å². The fraction of sp³-hybridized carbons (Fsp3) is 0.533. The molecule has 12 nitrogen and oxygen atoms in total. The molecule has 0 saturated heterocycles. The highest BCUT2D eigenvalue weighted by atomic mass is 16.6. The van der Waals surface area contributed by atoms with E-state index in [2.05, 4.69) is 31.2 Å². The van der Waals surface area contributed by atoms with Gasteiger partial charge in [0, 0.05) is 35.7 Å². The fourth-order valence-electron chi connectivity index (χ4n) is 6.59. The summed E-state index contributed by atoms with van der Waals surface area (Å²) in [5.41, 5.74) is 3.50. The summed E-state index contributed by atoms with van der Waals surface area (Å²) in [7, 11) is 4.57. The monoisotopic (exact) mass is 584 g/mol. The van der Waals surface area contributed by atoms with Gasteiger partial charge in [0.15, 0.2) is 11.4 Å². The lowest BCUT2D eigenvalue weighted by molar-refractivity contribution is -0.148. The third kappa shape index (κ3) is 4.87. The quantitative estimate of drug-likeness (QED) is 0.156. The van der Waals surface area contributed by atoms with Crippen molar-refractivity contribution in [3.63, 3.8) is 0 Å². The van der Waals surface area contributed by atoms with Gasteiger partial charge in [-0.2, -0.15) is 0 Å². The molecule has 4 atom stereocenters. The first kappa shape index (κ1) is 31.2. The minimum absolute atomic E-state index is 0.00131. The summed E-state index contributed by atoms with van der Waals surface area (Å²) in [6, 6.07) is 0.694. The first-order chi connectivity index (χ1) is 19.5. The number of nitrogens with two attached hydrogens (primary N) is 1. The number of aliphatic hydroxyl groups is 3. The predicted octanol–water partition coefficient (Wildman–Crippen LogP) is 1.63. The molecule has 4 rings (SSSR count). The van der Waals surface area contributed by atoms with E-state index >= 15 is 0 Å². The highest BCUT2D eigenvalue weighted by Gasteiger charge is 2.63. The third-order valence-electron chi connectivity index (χ3n) is 8.39. The summed E-state index contributed by atoms with van der Waals surface area (Å²) in [4.78, 5) is 46.4. The van der Waals surface area contributed by atoms with Gasteiger partial charge in [-0.3, -0.25) is 19.3 Å². The zero-order valence-corrected chi connectivity index (χ0v) is 25.0. The molecule has 0 heterocycles. The Balaban J connectivity index is 1.93. The van der Waals surface area contributed by atoms with Crippen LogP contribution in [0.5, 0.6) is 5.75 Å². The van der Waals surface area contributed by atoms with Crippen LogP contribution in [0, 0.1) is 17.3 Å². The van der Waals surface area contributed by atoms with Crippen LogP contribution in [0.2, 0.25) is 0 Å². The minimum atomic E-state index is -2.69. The van der Waals surface area contributed by atoms with Crippen molar-refractivity contribution in [2.24, 2.45) is 28.1 Å². The molecule has 3 aliphatic carbocycles. The molecule has 0 aliphatic heterocycles. The molecule has 228 valence electrons. The van der Waals surface area contributed by atoms with Gasteiger partial charge in [-0.15, -0.1) is 0 Å². The Labute approximate surface area is 244 Å². The van der Waals surface area contributed by atoms with E-state index in [0.29, 0.717) is 28.9 Å². The van der Waals surface area contributed by atoms with E-state index in [1.807, 2.05) is 0 Å². The largest absolute Gasteiger partial charge is 0.510 e. The first-order valence-electron chi connectivity index (χ1n) is 13.8. The number of aromatic hydroxyl groups is 1. The molecule has 0 spiro atoms. The number of ketones is 2. The third-order valence-corrected chi connectivity index (χ3v) is 8.39. The number of phenolic OH excluding ortho intramolecular Hbond substituents is 1. The number of fused-ring (bicyclic) bond motifs is 3. The van der Waals surface area contributed by atoms with Crippen LogP contribution >= 0.6 is 0 Å². The lowest BCUT2D eigenvalue weighted by atomic mass is 9.58. The molecule has 1 amide bonds. The number of hydrogen-bond acceptors (Lipinski definition) is 11. The van der Waals surface area contributed by atoms with Gasteiger partial charge in [-0.05, 0) is 56.8 Å². The van der Waals surface area contributed by atoms with E-state index < -0.39 is 58.0 Å². The standard InChI is InChI=1S/C30H40N4O8/c1-13(33-42-7)16-9-15(11-32-12-29(2,3)4)23(35)20-17(16)8-14-10-18-22(34(5)6)25(37)21(28(31)40)27(39)30(18,41)26(38)19(14)24(20)36/h9,14,18,22,32,35,37-38,41H,8,10-12H2,1-7H3,(H2,31,40)/b33-13+/t14-,18-,22-,30-/m0/s1. The second kappa shape index (κ2) is 10.8. The molecular weight excluding hydrogens is 544 g/mol. The fourth-order valence-corrected chi connectivity index (χ4v) is 6.59. The summed E-state index contributed by atoms with van der Waals surface area (Å²) < 4.78 is 0. The number of allylic oxidation sites excluding steroid dienone is 1. The Morgan fingerprint density at radius 2 is 1.88 bits per heavy atom. The van der Waals surface area contributed by atoms with Crippen LogP contribution in [-0.4, -0.2) is 87.9 Å². The molecule has 0 bridgehead atoms. The number of nitrogens with zero attached hydrogens (tertiary/aromatic N) is 2. The first-order valence-corrected chi connectivity index (χ1v) is 13.8. The van der Waals surface area contributed by atoms with Gasteiger partial charge in [0.05, 0.1) is 17.3 Å². The Morgan fingerprint density at radius 1 is 1.24 bits per heavy atom. The Hall–Kier alpha value is -3.74. The van der Waals surface area contributed by atoms with Gasteiger partial charge >= 0.3 is 0 Å². The van der Waals surface area contributed by atoms with Crippen molar-refractivity contribution >= 4 is 23.2 Å². The zero-order chi connectivity index (χ0) is 31.5. The molecule has 0 aromatic heterocycles. The van der Waals surface area contributed by atoms with Gasteiger partial charge in [0.2, 0.25) is 5.78 Å². The number of aliphatic hydroxyl groups excluding tert-OH is 2. The molecule has 1 aromatic carbocycles. The van der Waals surface area contributed by atoms with E-state index in [9.17, 15) is 34.8 Å². The Bertz CT molecular complexity index is 1450. The van der Waals surface area contributed by atoms with Crippen LogP contribution in [0.4, 0.5) is 0 Å². The molecule has 42 heavy (non-hydrogen) atoms. The van der Waals surface area contributed by atoms with Crippen LogP contribution in [-0.2, 0) is 27.4 Å². The van der Waals surface area contributed by atoms with E-state index in [0.717, 1.165) is 0 Å². The molecule has 0 unspecified atom stereocenters. The lowest BCUT2D eigenvalue weighted by Gasteiger charge is -2.50. The zero-order valence-electron chi connectivity index (χ0n) is 25.0. The van der Waals surface area contributed by atoms with E-state index in [-0.39, 0.29) is 41.7 Å². The second-order valence-electron chi connectivity index (χ2n) is 12.8. The summed E-state index contributed by atoms with van der Waals surface area (Å²) in [5.74, 6) is -6.87. The van der Waals surface area contributed by atoms with Crippen molar-refractivity contribution in [1.29, 1.82) is 0 Å².